The molecule has 1 unspecified atom stereocenters. The smallest absolute Gasteiger partial charge is 0.312 e. The number of hydrogen-bond acceptors (Lipinski definition) is 3. The maximum Gasteiger partial charge on any atom is 0.312 e. The van der Waals surface area contributed by atoms with E-state index in [4.69, 9.17) is 9.47 Å². The number of methoxy groups -OCH3 is 1. The van der Waals surface area contributed by atoms with Gasteiger partial charge in [0.15, 0.2) is 0 Å². The monoisotopic (exact) mass is 266 g/mol. The highest BCUT2D eigenvalue weighted by atomic mass is 19.1. The summed E-state index contributed by atoms with van der Waals surface area (Å²) in [5, 5.41) is 0. The Morgan fingerprint density at radius 1 is 1.47 bits per heavy atom. The Morgan fingerprint density at radius 3 is 2.89 bits per heavy atom. The van der Waals surface area contributed by atoms with Crippen molar-refractivity contribution < 1.29 is 18.7 Å². The average molecular weight is 266 g/mol. The molecule has 19 heavy (non-hydrogen) atoms. The topological polar surface area (TPSA) is 35.5 Å². The highest BCUT2D eigenvalue weighted by molar-refractivity contribution is 5.78. The number of ether oxygens (including phenoxy) is 2. The lowest BCUT2D eigenvalue weighted by atomic mass is 9.90. The summed E-state index contributed by atoms with van der Waals surface area (Å²) in [6, 6.07) is 4.55. The summed E-state index contributed by atoms with van der Waals surface area (Å²) in [7, 11) is 1.34. The molecule has 0 spiro atoms. The zero-order valence-electron chi connectivity index (χ0n) is 11.3. The van der Waals surface area contributed by atoms with Crippen LogP contribution in [-0.4, -0.2) is 19.7 Å². The maximum atomic E-state index is 13.4. The van der Waals surface area contributed by atoms with Gasteiger partial charge in [0.25, 0.3) is 0 Å². The van der Waals surface area contributed by atoms with Gasteiger partial charge in [0.1, 0.15) is 5.82 Å². The molecule has 1 saturated heterocycles. The molecule has 1 aromatic carbocycles. The molecule has 0 amide bonds. The summed E-state index contributed by atoms with van der Waals surface area (Å²) in [6.45, 7) is 2.45. The van der Waals surface area contributed by atoms with E-state index in [0.29, 0.717) is 12.2 Å². The summed E-state index contributed by atoms with van der Waals surface area (Å²) in [5.74, 6) is -1.19. The van der Waals surface area contributed by atoms with Crippen LogP contribution in [0.25, 0.3) is 0 Å². The Labute approximate surface area is 112 Å². The van der Waals surface area contributed by atoms with Crippen LogP contribution >= 0.6 is 0 Å². The molecule has 1 heterocycles. The van der Waals surface area contributed by atoms with Gasteiger partial charge in [-0.15, -0.1) is 0 Å². The standard InChI is InChI=1S/C15H19FO3/c1-10(15(17)18-2)13-9-11(16)6-7-12(13)14-5-3-4-8-19-14/h6-7,9-10,14H,3-5,8H2,1-2H3/t10?,14-/m0/s1. The molecule has 0 aliphatic carbocycles. The van der Waals surface area contributed by atoms with Gasteiger partial charge >= 0.3 is 5.97 Å². The molecule has 3 nitrogen and oxygen atoms in total. The van der Waals surface area contributed by atoms with Crippen molar-refractivity contribution in [1.82, 2.24) is 0 Å². The van der Waals surface area contributed by atoms with Crippen LogP contribution in [-0.2, 0) is 14.3 Å². The first-order valence-corrected chi connectivity index (χ1v) is 6.62. The molecule has 2 atom stereocenters. The van der Waals surface area contributed by atoms with E-state index in [0.717, 1.165) is 24.8 Å². The molecule has 0 aromatic heterocycles. The fraction of sp³-hybridized carbons (Fsp3) is 0.533. The second-order valence-electron chi connectivity index (χ2n) is 4.87. The molecule has 1 aliphatic rings. The lowest BCUT2D eigenvalue weighted by Gasteiger charge is -2.26. The molecule has 0 N–H and O–H groups in total. The van der Waals surface area contributed by atoms with Crippen LogP contribution < -0.4 is 0 Å². The highest BCUT2D eigenvalue weighted by Crippen LogP contribution is 2.34. The molecular formula is C15H19FO3. The number of carbonyl (C=O) groups excluding carboxylic acids is 1. The van der Waals surface area contributed by atoms with Gasteiger partial charge in [-0.25, -0.2) is 4.39 Å². The summed E-state index contributed by atoms with van der Waals surface area (Å²) >= 11 is 0. The van der Waals surface area contributed by atoms with E-state index in [-0.39, 0.29) is 17.9 Å². The first-order valence-electron chi connectivity index (χ1n) is 6.62. The van der Waals surface area contributed by atoms with Crippen molar-refractivity contribution in [3.63, 3.8) is 0 Å². The number of benzene rings is 1. The minimum atomic E-state index is -0.485. The third kappa shape index (κ3) is 3.13. The van der Waals surface area contributed by atoms with Crippen molar-refractivity contribution in [1.29, 1.82) is 0 Å². The predicted molar refractivity (Wildman–Crippen MR) is 69.4 cm³/mol. The van der Waals surface area contributed by atoms with Gasteiger partial charge in [-0.05, 0) is 49.4 Å². The molecule has 2 rings (SSSR count). The number of esters is 1. The quantitative estimate of drug-likeness (QED) is 0.787. The molecule has 0 saturated carbocycles. The van der Waals surface area contributed by atoms with E-state index in [2.05, 4.69) is 0 Å². The molecule has 1 fully saturated rings. The second kappa shape index (κ2) is 6.15. The van der Waals surface area contributed by atoms with E-state index in [1.807, 2.05) is 0 Å². The average Bonchev–Trinajstić information content (AvgIpc) is 2.46. The van der Waals surface area contributed by atoms with E-state index in [1.165, 1.54) is 19.2 Å². The number of halogens is 1. The van der Waals surface area contributed by atoms with Crippen LogP contribution in [0.2, 0.25) is 0 Å². The van der Waals surface area contributed by atoms with Crippen LogP contribution in [0.5, 0.6) is 0 Å². The third-order valence-electron chi connectivity index (χ3n) is 3.60. The van der Waals surface area contributed by atoms with Gasteiger partial charge in [0, 0.05) is 6.61 Å². The van der Waals surface area contributed by atoms with Crippen LogP contribution in [0.3, 0.4) is 0 Å². The predicted octanol–water partition coefficient (Wildman–Crippen LogP) is 3.34. The summed E-state index contributed by atoms with van der Waals surface area (Å²) in [6.07, 6.45) is 3.01. The van der Waals surface area contributed by atoms with Crippen LogP contribution in [0.4, 0.5) is 4.39 Å². The van der Waals surface area contributed by atoms with Crippen molar-refractivity contribution in [2.75, 3.05) is 13.7 Å². The minimum Gasteiger partial charge on any atom is -0.469 e. The van der Waals surface area contributed by atoms with E-state index in [1.54, 1.807) is 13.0 Å². The van der Waals surface area contributed by atoms with Gasteiger partial charge < -0.3 is 9.47 Å². The van der Waals surface area contributed by atoms with E-state index >= 15 is 0 Å². The summed E-state index contributed by atoms with van der Waals surface area (Å²) in [4.78, 5) is 11.7. The van der Waals surface area contributed by atoms with Crippen molar-refractivity contribution in [3.05, 3.63) is 35.1 Å². The Kier molecular flexibility index (Phi) is 4.53. The Balaban J connectivity index is 2.34. The van der Waals surface area contributed by atoms with Gasteiger partial charge in [-0.3, -0.25) is 4.79 Å². The van der Waals surface area contributed by atoms with Gasteiger partial charge in [0.2, 0.25) is 0 Å². The fourth-order valence-corrected chi connectivity index (χ4v) is 2.50. The first-order chi connectivity index (χ1) is 9.13. The van der Waals surface area contributed by atoms with Crippen molar-refractivity contribution in [2.45, 2.75) is 38.2 Å². The summed E-state index contributed by atoms with van der Waals surface area (Å²) in [5.41, 5.74) is 1.57. The van der Waals surface area contributed by atoms with Crippen molar-refractivity contribution in [2.24, 2.45) is 0 Å². The first kappa shape index (κ1) is 14.0. The SMILES string of the molecule is COC(=O)C(C)c1cc(F)ccc1[C@@H]1CCCCO1. The number of hydrogen-bond donors (Lipinski definition) is 0. The number of rotatable bonds is 3. The molecule has 0 bridgehead atoms. The van der Waals surface area contributed by atoms with Crippen LogP contribution in [0.15, 0.2) is 18.2 Å². The third-order valence-corrected chi connectivity index (χ3v) is 3.60. The van der Waals surface area contributed by atoms with E-state index < -0.39 is 5.92 Å². The van der Waals surface area contributed by atoms with Crippen molar-refractivity contribution >= 4 is 5.97 Å². The Morgan fingerprint density at radius 2 is 2.26 bits per heavy atom. The minimum absolute atomic E-state index is 0.0449. The Bertz CT molecular complexity index is 453. The van der Waals surface area contributed by atoms with Crippen LogP contribution in [0.1, 0.15) is 49.3 Å². The normalized spacial score (nSPS) is 20.9. The molecule has 0 radical (unpaired) electrons. The Hall–Kier alpha value is -1.42. The second-order valence-corrected chi connectivity index (χ2v) is 4.87. The lowest BCUT2D eigenvalue weighted by molar-refractivity contribution is -0.142. The van der Waals surface area contributed by atoms with Gasteiger partial charge in [0.05, 0.1) is 19.1 Å². The molecule has 4 heteroatoms. The zero-order valence-corrected chi connectivity index (χ0v) is 11.3. The fourth-order valence-electron chi connectivity index (χ4n) is 2.50. The van der Waals surface area contributed by atoms with E-state index in [9.17, 15) is 9.18 Å². The van der Waals surface area contributed by atoms with Crippen LogP contribution in [0, 0.1) is 5.82 Å². The van der Waals surface area contributed by atoms with Crippen molar-refractivity contribution in [3.8, 4) is 0 Å². The summed E-state index contributed by atoms with van der Waals surface area (Å²) < 4.78 is 23.9. The lowest BCUT2D eigenvalue weighted by Crippen LogP contribution is -2.18. The van der Waals surface area contributed by atoms with Gasteiger partial charge in [-0.1, -0.05) is 6.07 Å². The molecule has 1 aromatic rings. The number of carbonyl (C=O) groups is 1. The molecular weight excluding hydrogens is 247 g/mol. The molecule has 104 valence electrons. The maximum absolute atomic E-state index is 13.4. The largest absolute Gasteiger partial charge is 0.469 e. The molecule has 1 aliphatic heterocycles. The highest BCUT2D eigenvalue weighted by Gasteiger charge is 2.25. The van der Waals surface area contributed by atoms with Gasteiger partial charge in [-0.2, -0.15) is 0 Å². The zero-order chi connectivity index (χ0) is 13.8.